The maximum atomic E-state index is 14.3. The molecule has 8 nitrogen and oxygen atoms in total. The largest absolute Gasteiger partial charge is 0.486 e. The third-order valence-corrected chi connectivity index (χ3v) is 6.24. The van der Waals surface area contributed by atoms with Gasteiger partial charge in [-0.1, -0.05) is 0 Å². The molecule has 38 heavy (non-hydrogen) atoms. The molecule has 2 N–H and O–H groups in total. The predicted octanol–water partition coefficient (Wildman–Crippen LogP) is 5.41. The summed E-state index contributed by atoms with van der Waals surface area (Å²) in [7, 11) is 0. The molecular formula is C22H19F7N6O2S. The number of hydrogen-bond donors (Lipinski definition) is 2. The fourth-order valence-corrected chi connectivity index (χ4v) is 4.51. The average Bonchev–Trinajstić information content (AvgIpc) is 3.40. The van der Waals surface area contributed by atoms with E-state index < -0.39 is 42.4 Å². The van der Waals surface area contributed by atoms with Gasteiger partial charge in [-0.15, -0.1) is 0 Å². The molecule has 1 unspecified atom stereocenters. The van der Waals surface area contributed by atoms with Gasteiger partial charge in [0.2, 0.25) is 0 Å². The van der Waals surface area contributed by atoms with Crippen LogP contribution in [0.25, 0.3) is 0 Å². The van der Waals surface area contributed by atoms with E-state index in [2.05, 4.69) is 25.0 Å². The van der Waals surface area contributed by atoms with Crippen LogP contribution in [0.5, 0.6) is 5.75 Å². The Balaban J connectivity index is 1.44. The van der Waals surface area contributed by atoms with Gasteiger partial charge in [-0.2, -0.15) is 30.7 Å². The molecule has 1 aliphatic heterocycles. The number of halogens is 7. The maximum Gasteiger partial charge on any atom is 0.434 e. The number of nitrogens with one attached hydrogen (secondary N) is 2. The van der Waals surface area contributed by atoms with Gasteiger partial charge in [0.15, 0.2) is 17.3 Å². The fourth-order valence-electron chi connectivity index (χ4n) is 3.71. The van der Waals surface area contributed by atoms with Gasteiger partial charge in [-0.25, -0.2) is 14.4 Å². The Labute approximate surface area is 215 Å². The van der Waals surface area contributed by atoms with Gasteiger partial charge in [0.25, 0.3) is 5.91 Å². The van der Waals surface area contributed by atoms with Gasteiger partial charge < -0.3 is 15.4 Å². The number of aromatic nitrogens is 3. The first-order chi connectivity index (χ1) is 17.8. The first kappa shape index (κ1) is 27.5. The number of carbonyl (C=O) groups excluding carboxylic acids is 1. The van der Waals surface area contributed by atoms with Gasteiger partial charge in [0, 0.05) is 24.8 Å². The molecule has 1 saturated heterocycles. The van der Waals surface area contributed by atoms with Crippen LogP contribution in [0.15, 0.2) is 30.6 Å². The van der Waals surface area contributed by atoms with E-state index in [1.807, 2.05) is 0 Å². The number of amides is 1. The van der Waals surface area contributed by atoms with Crippen LogP contribution in [0.2, 0.25) is 0 Å². The number of likely N-dealkylation sites (tertiary alicyclic amines) is 1. The molecule has 0 spiro atoms. The Hall–Kier alpha value is -3.53. The lowest BCUT2D eigenvalue weighted by Gasteiger charge is -2.18. The quantitative estimate of drug-likeness (QED) is 0.371. The van der Waals surface area contributed by atoms with E-state index in [1.54, 1.807) is 6.92 Å². The third-order valence-electron chi connectivity index (χ3n) is 5.39. The van der Waals surface area contributed by atoms with Crippen LogP contribution < -0.4 is 15.4 Å². The van der Waals surface area contributed by atoms with Crippen molar-refractivity contribution >= 4 is 33.9 Å². The van der Waals surface area contributed by atoms with Crippen LogP contribution in [0.3, 0.4) is 0 Å². The van der Waals surface area contributed by atoms with Gasteiger partial charge in [-0.3, -0.25) is 9.69 Å². The van der Waals surface area contributed by atoms with Crippen molar-refractivity contribution in [2.75, 3.05) is 30.3 Å². The smallest absolute Gasteiger partial charge is 0.434 e. The summed E-state index contributed by atoms with van der Waals surface area (Å²) in [4.78, 5) is 21.1. The molecule has 4 rings (SSSR count). The molecule has 0 radical (unpaired) electrons. The number of alkyl halides is 6. The molecule has 1 atom stereocenters. The normalized spacial score (nSPS) is 16.5. The van der Waals surface area contributed by atoms with E-state index in [4.69, 9.17) is 4.74 Å². The summed E-state index contributed by atoms with van der Waals surface area (Å²) in [5.41, 5.74) is -0.657. The first-order valence-corrected chi connectivity index (χ1v) is 11.7. The molecule has 0 bridgehead atoms. The Morgan fingerprint density at radius 1 is 1.18 bits per heavy atom. The van der Waals surface area contributed by atoms with Gasteiger partial charge in [0.1, 0.15) is 16.9 Å². The molecular weight excluding hydrogens is 545 g/mol. The van der Waals surface area contributed by atoms with Crippen LogP contribution in [0, 0.1) is 12.7 Å². The van der Waals surface area contributed by atoms with Crippen molar-refractivity contribution in [3.05, 3.63) is 53.4 Å². The van der Waals surface area contributed by atoms with Crippen LogP contribution in [-0.2, 0) is 6.18 Å². The fraction of sp³-hybridized carbons (Fsp3) is 0.364. The van der Waals surface area contributed by atoms with E-state index in [0.717, 1.165) is 28.7 Å². The van der Waals surface area contributed by atoms with E-state index in [1.165, 1.54) is 12.1 Å². The van der Waals surface area contributed by atoms with Crippen molar-refractivity contribution in [1.82, 2.24) is 19.2 Å². The summed E-state index contributed by atoms with van der Waals surface area (Å²) < 4.78 is 100.0. The minimum Gasteiger partial charge on any atom is -0.486 e. The van der Waals surface area contributed by atoms with Crippen molar-refractivity contribution in [3.63, 3.8) is 0 Å². The van der Waals surface area contributed by atoms with Crippen LogP contribution in [-0.4, -0.2) is 57.1 Å². The SMILES string of the molecule is Cc1nsc(Nc2cnc(C(F)(F)F)cn2)c1C(=O)Nc1ccc(F)c(OC2CCN(CC(F)(F)F)C2)c1. The molecule has 1 amide bonds. The summed E-state index contributed by atoms with van der Waals surface area (Å²) in [6, 6.07) is 3.53. The molecule has 2 aromatic heterocycles. The highest BCUT2D eigenvalue weighted by Crippen LogP contribution is 2.31. The lowest BCUT2D eigenvalue weighted by molar-refractivity contribution is -0.144. The summed E-state index contributed by atoms with van der Waals surface area (Å²) in [5.74, 6) is -1.70. The molecule has 1 aliphatic rings. The van der Waals surface area contributed by atoms with Crippen LogP contribution >= 0.6 is 11.5 Å². The molecule has 204 valence electrons. The predicted molar refractivity (Wildman–Crippen MR) is 123 cm³/mol. The zero-order valence-electron chi connectivity index (χ0n) is 19.5. The summed E-state index contributed by atoms with van der Waals surface area (Å²) in [6.45, 7) is 0.567. The van der Waals surface area contributed by atoms with Crippen LogP contribution in [0.4, 0.5) is 47.2 Å². The minimum atomic E-state index is -4.66. The second kappa shape index (κ2) is 10.7. The number of aryl methyl sites for hydroxylation is 1. The number of hydrogen-bond acceptors (Lipinski definition) is 8. The standard InChI is InChI=1S/C22H19F7N6O2S/c1-11-18(20(38-34-11)33-17-8-30-16(7-31-17)22(27,28)29)19(36)32-12-2-3-14(23)15(6-12)37-13-4-5-35(9-13)10-21(24,25)26/h2-3,6-8,13H,4-5,9-10H2,1H3,(H,31,33)(H,32,36). The second-order valence-corrected chi connectivity index (χ2v) is 9.13. The number of carbonyl (C=O) groups is 1. The van der Waals surface area contributed by atoms with Crippen molar-refractivity contribution in [1.29, 1.82) is 0 Å². The van der Waals surface area contributed by atoms with Gasteiger partial charge in [0.05, 0.1) is 30.2 Å². The van der Waals surface area contributed by atoms with Crippen molar-refractivity contribution < 1.29 is 40.3 Å². The minimum absolute atomic E-state index is 0.0306. The van der Waals surface area contributed by atoms with Crippen molar-refractivity contribution in [3.8, 4) is 5.75 Å². The number of nitrogens with zero attached hydrogens (tertiary/aromatic N) is 4. The highest BCUT2D eigenvalue weighted by molar-refractivity contribution is 7.10. The Morgan fingerprint density at radius 3 is 2.61 bits per heavy atom. The summed E-state index contributed by atoms with van der Waals surface area (Å²) in [6.07, 6.45) is -8.00. The van der Waals surface area contributed by atoms with E-state index in [-0.39, 0.29) is 47.3 Å². The average molecular weight is 564 g/mol. The van der Waals surface area contributed by atoms with Crippen molar-refractivity contribution in [2.24, 2.45) is 0 Å². The van der Waals surface area contributed by atoms with E-state index in [0.29, 0.717) is 11.9 Å². The molecule has 0 saturated carbocycles. The monoisotopic (exact) mass is 564 g/mol. The molecule has 3 heterocycles. The lowest BCUT2D eigenvalue weighted by Crippen LogP contribution is -2.33. The van der Waals surface area contributed by atoms with Crippen LogP contribution in [0.1, 0.15) is 28.2 Å². The second-order valence-electron chi connectivity index (χ2n) is 8.36. The number of benzene rings is 1. The Bertz CT molecular complexity index is 1300. The van der Waals surface area contributed by atoms with Crippen molar-refractivity contribution in [2.45, 2.75) is 31.8 Å². The molecule has 16 heteroatoms. The Morgan fingerprint density at radius 2 is 1.95 bits per heavy atom. The lowest BCUT2D eigenvalue weighted by atomic mass is 10.2. The van der Waals surface area contributed by atoms with E-state index in [9.17, 15) is 35.5 Å². The highest BCUT2D eigenvalue weighted by atomic mass is 32.1. The molecule has 1 aromatic carbocycles. The topological polar surface area (TPSA) is 92.3 Å². The van der Waals surface area contributed by atoms with E-state index >= 15 is 0 Å². The number of rotatable bonds is 7. The number of ether oxygens (including phenoxy) is 1. The van der Waals surface area contributed by atoms with Gasteiger partial charge >= 0.3 is 12.4 Å². The first-order valence-electron chi connectivity index (χ1n) is 11.0. The summed E-state index contributed by atoms with van der Waals surface area (Å²) >= 11 is 0.869. The molecule has 1 fully saturated rings. The number of anilines is 3. The molecule has 0 aliphatic carbocycles. The summed E-state index contributed by atoms with van der Waals surface area (Å²) in [5, 5.41) is 5.47. The maximum absolute atomic E-state index is 14.3. The van der Waals surface area contributed by atoms with Gasteiger partial charge in [-0.05, 0) is 37.0 Å². The third kappa shape index (κ3) is 6.86. The molecule has 3 aromatic rings. The highest BCUT2D eigenvalue weighted by Gasteiger charge is 2.35. The Kier molecular flexibility index (Phi) is 7.73. The zero-order valence-corrected chi connectivity index (χ0v) is 20.3. The zero-order chi connectivity index (χ0) is 27.7.